The lowest BCUT2D eigenvalue weighted by atomic mass is 9.69. The first-order valence-electron chi connectivity index (χ1n) is 5.85. The van der Waals surface area contributed by atoms with E-state index in [1.807, 2.05) is 18.2 Å². The standard InChI is InChI=1S/C13H19ClN2/c1-10-7-11(14)3-4-12(10)16-9-13(8-15)5-2-6-13/h3-4,7,16H,2,5-6,8-9,15H2,1H3. The van der Waals surface area contributed by atoms with E-state index in [0.29, 0.717) is 5.41 Å². The molecule has 0 spiro atoms. The molecule has 1 saturated carbocycles. The number of nitrogens with one attached hydrogen (secondary N) is 1. The smallest absolute Gasteiger partial charge is 0.0410 e. The van der Waals surface area contributed by atoms with Crippen LogP contribution in [-0.4, -0.2) is 13.1 Å². The predicted octanol–water partition coefficient (Wildman–Crippen LogP) is 3.19. The Balaban J connectivity index is 1.99. The fourth-order valence-electron chi connectivity index (χ4n) is 2.24. The molecule has 0 heterocycles. The first kappa shape index (κ1) is 11.7. The van der Waals surface area contributed by atoms with Gasteiger partial charge in [0.1, 0.15) is 0 Å². The molecule has 1 aromatic carbocycles. The molecule has 3 heteroatoms. The molecule has 1 fully saturated rings. The fourth-order valence-corrected chi connectivity index (χ4v) is 2.46. The Bertz CT molecular complexity index is 367. The van der Waals surface area contributed by atoms with Crippen molar-refractivity contribution in [3.05, 3.63) is 28.8 Å². The minimum atomic E-state index is 0.339. The van der Waals surface area contributed by atoms with Gasteiger partial charge in [0.15, 0.2) is 0 Å². The third kappa shape index (κ3) is 2.33. The monoisotopic (exact) mass is 238 g/mol. The minimum Gasteiger partial charge on any atom is -0.384 e. The Kier molecular flexibility index (Phi) is 3.41. The lowest BCUT2D eigenvalue weighted by Gasteiger charge is -2.41. The van der Waals surface area contributed by atoms with Gasteiger partial charge in [0, 0.05) is 17.3 Å². The van der Waals surface area contributed by atoms with E-state index in [4.69, 9.17) is 17.3 Å². The lowest BCUT2D eigenvalue weighted by molar-refractivity contribution is 0.163. The average molecular weight is 239 g/mol. The molecule has 1 aromatic rings. The Morgan fingerprint density at radius 2 is 2.19 bits per heavy atom. The third-order valence-corrected chi connectivity index (χ3v) is 3.92. The molecule has 0 saturated heterocycles. The maximum absolute atomic E-state index is 5.92. The molecule has 3 N–H and O–H groups in total. The second-order valence-electron chi connectivity index (χ2n) is 4.87. The first-order valence-corrected chi connectivity index (χ1v) is 6.23. The molecule has 2 nitrogen and oxygen atoms in total. The summed E-state index contributed by atoms with van der Waals surface area (Å²) in [6, 6.07) is 5.95. The summed E-state index contributed by atoms with van der Waals surface area (Å²) in [6.45, 7) is 3.84. The first-order chi connectivity index (χ1) is 7.65. The van der Waals surface area contributed by atoms with Crippen molar-refractivity contribution in [2.45, 2.75) is 26.2 Å². The summed E-state index contributed by atoms with van der Waals surface area (Å²) in [7, 11) is 0. The molecule has 0 bridgehead atoms. The highest BCUT2D eigenvalue weighted by Gasteiger charge is 2.35. The van der Waals surface area contributed by atoms with Gasteiger partial charge in [0.05, 0.1) is 0 Å². The van der Waals surface area contributed by atoms with Crippen molar-refractivity contribution in [2.24, 2.45) is 11.1 Å². The van der Waals surface area contributed by atoms with Crippen LogP contribution < -0.4 is 11.1 Å². The van der Waals surface area contributed by atoms with E-state index in [0.717, 1.165) is 18.1 Å². The Hall–Kier alpha value is -0.730. The Labute approximate surface area is 102 Å². The van der Waals surface area contributed by atoms with Crippen molar-refractivity contribution >= 4 is 17.3 Å². The summed E-state index contributed by atoms with van der Waals surface area (Å²) in [5, 5.41) is 4.29. The van der Waals surface area contributed by atoms with Gasteiger partial charge in [-0.2, -0.15) is 0 Å². The van der Waals surface area contributed by atoms with E-state index in [2.05, 4.69) is 12.2 Å². The van der Waals surface area contributed by atoms with Gasteiger partial charge >= 0.3 is 0 Å². The molecule has 0 unspecified atom stereocenters. The fraction of sp³-hybridized carbons (Fsp3) is 0.538. The highest BCUT2D eigenvalue weighted by atomic mass is 35.5. The molecule has 0 aliphatic heterocycles. The molecule has 1 aliphatic carbocycles. The average Bonchev–Trinajstić information content (AvgIpc) is 2.19. The van der Waals surface area contributed by atoms with E-state index < -0.39 is 0 Å². The third-order valence-electron chi connectivity index (χ3n) is 3.69. The van der Waals surface area contributed by atoms with Gasteiger partial charge < -0.3 is 11.1 Å². The van der Waals surface area contributed by atoms with E-state index in [9.17, 15) is 0 Å². The normalized spacial score (nSPS) is 17.9. The lowest BCUT2D eigenvalue weighted by Crippen LogP contribution is -2.43. The zero-order valence-corrected chi connectivity index (χ0v) is 10.5. The summed E-state index contributed by atoms with van der Waals surface area (Å²) in [6.07, 6.45) is 3.82. The molecular weight excluding hydrogens is 220 g/mol. The molecule has 2 rings (SSSR count). The van der Waals surface area contributed by atoms with Crippen LogP contribution in [0, 0.1) is 12.3 Å². The minimum absolute atomic E-state index is 0.339. The van der Waals surface area contributed by atoms with Gasteiger partial charge in [0.2, 0.25) is 0 Å². The zero-order chi connectivity index (χ0) is 11.6. The number of benzene rings is 1. The number of hydrogen-bond acceptors (Lipinski definition) is 2. The summed E-state index contributed by atoms with van der Waals surface area (Å²) in [5.41, 5.74) is 8.54. The Morgan fingerprint density at radius 1 is 1.44 bits per heavy atom. The van der Waals surface area contributed by atoms with E-state index in [-0.39, 0.29) is 0 Å². The largest absolute Gasteiger partial charge is 0.384 e. The van der Waals surface area contributed by atoms with Crippen LogP contribution in [0.4, 0.5) is 5.69 Å². The van der Waals surface area contributed by atoms with Crippen molar-refractivity contribution in [1.29, 1.82) is 0 Å². The number of halogens is 1. The van der Waals surface area contributed by atoms with Crippen LogP contribution in [-0.2, 0) is 0 Å². The molecule has 16 heavy (non-hydrogen) atoms. The summed E-state index contributed by atoms with van der Waals surface area (Å²) < 4.78 is 0. The zero-order valence-electron chi connectivity index (χ0n) is 9.72. The van der Waals surface area contributed by atoms with Gasteiger partial charge in [-0.05, 0) is 55.5 Å². The summed E-state index contributed by atoms with van der Waals surface area (Å²) in [4.78, 5) is 0. The van der Waals surface area contributed by atoms with Crippen LogP contribution in [0.2, 0.25) is 5.02 Å². The number of aryl methyl sites for hydroxylation is 1. The number of rotatable bonds is 4. The van der Waals surface area contributed by atoms with Crippen molar-refractivity contribution < 1.29 is 0 Å². The number of hydrogen-bond donors (Lipinski definition) is 2. The van der Waals surface area contributed by atoms with Crippen LogP contribution in [0.25, 0.3) is 0 Å². The van der Waals surface area contributed by atoms with Gasteiger partial charge in [-0.1, -0.05) is 18.0 Å². The number of anilines is 1. The Morgan fingerprint density at radius 3 is 2.69 bits per heavy atom. The van der Waals surface area contributed by atoms with Gasteiger partial charge in [-0.3, -0.25) is 0 Å². The molecule has 0 aromatic heterocycles. The second kappa shape index (κ2) is 4.64. The number of nitrogens with two attached hydrogens (primary N) is 1. The van der Waals surface area contributed by atoms with Gasteiger partial charge in [-0.15, -0.1) is 0 Å². The molecule has 0 amide bonds. The second-order valence-corrected chi connectivity index (χ2v) is 5.31. The quantitative estimate of drug-likeness (QED) is 0.846. The maximum atomic E-state index is 5.92. The molecule has 88 valence electrons. The van der Waals surface area contributed by atoms with Crippen molar-refractivity contribution in [3.8, 4) is 0 Å². The maximum Gasteiger partial charge on any atom is 0.0410 e. The SMILES string of the molecule is Cc1cc(Cl)ccc1NCC1(CN)CCC1. The predicted molar refractivity (Wildman–Crippen MR) is 70.0 cm³/mol. The van der Waals surface area contributed by atoms with Crippen LogP contribution >= 0.6 is 11.6 Å². The molecule has 0 radical (unpaired) electrons. The van der Waals surface area contributed by atoms with Gasteiger partial charge in [-0.25, -0.2) is 0 Å². The van der Waals surface area contributed by atoms with Crippen LogP contribution in [0.3, 0.4) is 0 Å². The topological polar surface area (TPSA) is 38.0 Å². The van der Waals surface area contributed by atoms with Crippen LogP contribution in [0.1, 0.15) is 24.8 Å². The van der Waals surface area contributed by atoms with E-state index in [1.165, 1.54) is 30.5 Å². The van der Waals surface area contributed by atoms with E-state index in [1.54, 1.807) is 0 Å². The van der Waals surface area contributed by atoms with Gasteiger partial charge in [0.25, 0.3) is 0 Å². The molecule has 1 aliphatic rings. The molecule has 0 atom stereocenters. The summed E-state index contributed by atoms with van der Waals surface area (Å²) >= 11 is 5.92. The highest BCUT2D eigenvalue weighted by Crippen LogP contribution is 2.40. The van der Waals surface area contributed by atoms with Crippen molar-refractivity contribution in [3.63, 3.8) is 0 Å². The van der Waals surface area contributed by atoms with Crippen molar-refractivity contribution in [1.82, 2.24) is 0 Å². The van der Waals surface area contributed by atoms with Crippen LogP contribution in [0.15, 0.2) is 18.2 Å². The van der Waals surface area contributed by atoms with E-state index >= 15 is 0 Å². The highest BCUT2D eigenvalue weighted by molar-refractivity contribution is 6.30. The van der Waals surface area contributed by atoms with Crippen LogP contribution in [0.5, 0.6) is 0 Å². The molecular formula is C13H19ClN2. The van der Waals surface area contributed by atoms with Crippen molar-refractivity contribution in [2.75, 3.05) is 18.4 Å². The summed E-state index contributed by atoms with van der Waals surface area (Å²) in [5.74, 6) is 0.